The highest BCUT2D eigenvalue weighted by Gasteiger charge is 2.31. The molecular weight excluding hydrogens is 326 g/mol. The monoisotopic (exact) mass is 340 g/mol. The van der Waals surface area contributed by atoms with Gasteiger partial charge in [0.25, 0.3) is 10.0 Å². The van der Waals surface area contributed by atoms with Gasteiger partial charge >= 0.3 is 0 Å². The largest absolute Gasteiger partial charge is 0.370 e. The first-order chi connectivity index (χ1) is 10.8. The molecular formula is C15H14F2N2O3S. The minimum Gasteiger partial charge on any atom is -0.370 e. The van der Waals surface area contributed by atoms with E-state index in [0.29, 0.717) is 0 Å². The lowest BCUT2D eigenvalue weighted by molar-refractivity contribution is -0.117. The minimum absolute atomic E-state index is 0.177. The molecule has 0 atom stereocenters. The maximum atomic E-state index is 13.9. The van der Waals surface area contributed by atoms with Gasteiger partial charge in [0.05, 0.1) is 5.69 Å². The number of anilines is 1. The van der Waals surface area contributed by atoms with Crippen LogP contribution in [0.2, 0.25) is 0 Å². The molecule has 5 nitrogen and oxygen atoms in total. The van der Waals surface area contributed by atoms with Crippen LogP contribution in [0.1, 0.15) is 6.42 Å². The van der Waals surface area contributed by atoms with E-state index in [9.17, 15) is 22.0 Å². The predicted molar refractivity (Wildman–Crippen MR) is 81.1 cm³/mol. The molecule has 2 rings (SSSR count). The number of nitrogens with two attached hydrogens (primary N) is 1. The number of rotatable bonds is 6. The van der Waals surface area contributed by atoms with Gasteiger partial charge < -0.3 is 5.73 Å². The average Bonchev–Trinajstić information content (AvgIpc) is 2.47. The molecule has 0 aliphatic rings. The summed E-state index contributed by atoms with van der Waals surface area (Å²) in [5.74, 6) is -3.13. The van der Waals surface area contributed by atoms with Gasteiger partial charge in [0.2, 0.25) is 5.91 Å². The third kappa shape index (κ3) is 3.65. The van der Waals surface area contributed by atoms with E-state index in [1.807, 2.05) is 0 Å². The summed E-state index contributed by atoms with van der Waals surface area (Å²) in [6.45, 7) is -0.324. The van der Waals surface area contributed by atoms with Gasteiger partial charge in [0.15, 0.2) is 4.90 Å². The van der Waals surface area contributed by atoms with Gasteiger partial charge in [-0.25, -0.2) is 17.2 Å². The lowest BCUT2D eigenvalue weighted by Crippen LogP contribution is -2.35. The SMILES string of the molecule is NC(=O)CCN(c1ccccc1)S(=O)(=O)c1c(F)cccc1F. The molecule has 0 bridgehead atoms. The van der Waals surface area contributed by atoms with E-state index in [1.165, 1.54) is 12.1 Å². The number of primary amides is 1. The first kappa shape index (κ1) is 16.9. The van der Waals surface area contributed by atoms with Crippen LogP contribution in [0.3, 0.4) is 0 Å². The Morgan fingerprint density at radius 3 is 2.09 bits per heavy atom. The zero-order valence-corrected chi connectivity index (χ0v) is 12.8. The van der Waals surface area contributed by atoms with Crippen molar-refractivity contribution >= 4 is 21.6 Å². The molecule has 0 aliphatic carbocycles. The van der Waals surface area contributed by atoms with Gasteiger partial charge in [-0.2, -0.15) is 0 Å². The van der Waals surface area contributed by atoms with Gasteiger partial charge in [0.1, 0.15) is 11.6 Å². The van der Waals surface area contributed by atoms with Crippen molar-refractivity contribution in [2.45, 2.75) is 11.3 Å². The molecule has 2 N–H and O–H groups in total. The lowest BCUT2D eigenvalue weighted by Gasteiger charge is -2.24. The highest BCUT2D eigenvalue weighted by Crippen LogP contribution is 2.27. The zero-order valence-electron chi connectivity index (χ0n) is 11.9. The number of hydrogen-bond acceptors (Lipinski definition) is 3. The fraction of sp³-hybridized carbons (Fsp3) is 0.133. The second kappa shape index (κ2) is 6.74. The number of carbonyl (C=O) groups is 1. The second-order valence-corrected chi connectivity index (χ2v) is 6.48. The van der Waals surface area contributed by atoms with Crippen LogP contribution < -0.4 is 10.0 Å². The number of halogens is 2. The average molecular weight is 340 g/mol. The molecule has 2 aromatic rings. The molecule has 0 radical (unpaired) electrons. The molecule has 0 saturated carbocycles. The topological polar surface area (TPSA) is 80.5 Å². The molecule has 2 aromatic carbocycles. The lowest BCUT2D eigenvalue weighted by atomic mass is 10.3. The van der Waals surface area contributed by atoms with Crippen LogP contribution in [0.4, 0.5) is 14.5 Å². The number of benzene rings is 2. The van der Waals surface area contributed by atoms with Crippen molar-refractivity contribution in [3.63, 3.8) is 0 Å². The van der Waals surface area contributed by atoms with Crippen molar-refractivity contribution in [2.24, 2.45) is 5.73 Å². The Morgan fingerprint density at radius 1 is 1.00 bits per heavy atom. The molecule has 0 aromatic heterocycles. The standard InChI is InChI=1S/C15H14F2N2O3S/c16-12-7-4-8-13(17)15(12)23(21,22)19(10-9-14(18)20)11-5-2-1-3-6-11/h1-8H,9-10H2,(H2,18,20). The number of para-hydroxylation sites is 1. The quantitative estimate of drug-likeness (QED) is 0.874. The molecule has 8 heteroatoms. The third-order valence-corrected chi connectivity index (χ3v) is 4.95. The normalized spacial score (nSPS) is 11.2. The zero-order chi connectivity index (χ0) is 17.0. The van der Waals surface area contributed by atoms with E-state index >= 15 is 0 Å². The van der Waals surface area contributed by atoms with Crippen molar-refractivity contribution in [1.82, 2.24) is 0 Å². The Labute approximate surface area is 132 Å². The smallest absolute Gasteiger partial charge is 0.270 e. The van der Waals surface area contributed by atoms with E-state index in [2.05, 4.69) is 0 Å². The number of hydrogen-bond donors (Lipinski definition) is 1. The summed E-state index contributed by atoms with van der Waals surface area (Å²) in [5, 5.41) is 0. The first-order valence-electron chi connectivity index (χ1n) is 6.64. The predicted octanol–water partition coefficient (Wildman–Crippen LogP) is 2.04. The summed E-state index contributed by atoms with van der Waals surface area (Å²) in [4.78, 5) is 9.92. The van der Waals surface area contributed by atoms with E-state index in [0.717, 1.165) is 22.5 Å². The van der Waals surface area contributed by atoms with E-state index < -0.39 is 32.5 Å². The number of sulfonamides is 1. The van der Waals surface area contributed by atoms with Crippen LogP contribution in [0.15, 0.2) is 53.4 Å². The molecule has 0 saturated heterocycles. The van der Waals surface area contributed by atoms with Crippen LogP contribution in [-0.4, -0.2) is 20.9 Å². The van der Waals surface area contributed by atoms with E-state index in [1.54, 1.807) is 18.2 Å². The Kier molecular flexibility index (Phi) is 4.95. The van der Waals surface area contributed by atoms with E-state index in [-0.39, 0.29) is 18.7 Å². The van der Waals surface area contributed by atoms with Crippen molar-refractivity contribution in [1.29, 1.82) is 0 Å². The number of carbonyl (C=O) groups excluding carboxylic acids is 1. The summed E-state index contributed by atoms with van der Waals surface area (Å²) in [5.41, 5.74) is 5.23. The third-order valence-electron chi connectivity index (χ3n) is 3.07. The van der Waals surface area contributed by atoms with Crippen molar-refractivity contribution in [3.05, 3.63) is 60.2 Å². The first-order valence-corrected chi connectivity index (χ1v) is 8.08. The van der Waals surface area contributed by atoms with Gasteiger partial charge in [0, 0.05) is 13.0 Å². The maximum Gasteiger partial charge on any atom is 0.270 e. The molecule has 0 unspecified atom stereocenters. The fourth-order valence-corrected chi connectivity index (χ4v) is 3.61. The number of nitrogens with zero attached hydrogens (tertiary/aromatic N) is 1. The van der Waals surface area contributed by atoms with Crippen LogP contribution in [0.5, 0.6) is 0 Å². The van der Waals surface area contributed by atoms with Gasteiger partial charge in [-0.15, -0.1) is 0 Å². The summed E-state index contributed by atoms with van der Waals surface area (Å²) >= 11 is 0. The van der Waals surface area contributed by atoms with E-state index in [4.69, 9.17) is 5.73 Å². The van der Waals surface area contributed by atoms with Crippen LogP contribution >= 0.6 is 0 Å². The van der Waals surface area contributed by atoms with Crippen molar-refractivity contribution in [3.8, 4) is 0 Å². The fourth-order valence-electron chi connectivity index (χ4n) is 2.03. The Balaban J connectivity index is 2.55. The van der Waals surface area contributed by atoms with Crippen molar-refractivity contribution in [2.75, 3.05) is 10.8 Å². The van der Waals surface area contributed by atoms with Crippen molar-refractivity contribution < 1.29 is 22.0 Å². The number of amides is 1. The Hall–Kier alpha value is -2.48. The summed E-state index contributed by atoms with van der Waals surface area (Å²) < 4.78 is 53.9. The minimum atomic E-state index is -4.54. The Morgan fingerprint density at radius 2 is 1.57 bits per heavy atom. The molecule has 0 heterocycles. The molecule has 0 spiro atoms. The van der Waals surface area contributed by atoms with Gasteiger partial charge in [-0.1, -0.05) is 24.3 Å². The summed E-state index contributed by atoms with van der Waals surface area (Å²) in [6.07, 6.45) is -0.288. The molecule has 23 heavy (non-hydrogen) atoms. The van der Waals surface area contributed by atoms with Crippen LogP contribution in [-0.2, 0) is 14.8 Å². The van der Waals surface area contributed by atoms with Gasteiger partial charge in [-0.3, -0.25) is 9.10 Å². The van der Waals surface area contributed by atoms with Crippen LogP contribution in [0.25, 0.3) is 0 Å². The van der Waals surface area contributed by atoms with Gasteiger partial charge in [-0.05, 0) is 24.3 Å². The molecule has 1 amide bonds. The Bertz CT molecular complexity index is 790. The summed E-state index contributed by atoms with van der Waals surface area (Å²) in [6, 6.07) is 10.5. The maximum absolute atomic E-state index is 13.9. The molecule has 0 fully saturated rings. The van der Waals surface area contributed by atoms with Crippen LogP contribution in [0, 0.1) is 11.6 Å². The highest BCUT2D eigenvalue weighted by atomic mass is 32.2. The second-order valence-electron chi connectivity index (χ2n) is 4.68. The molecule has 0 aliphatic heterocycles. The highest BCUT2D eigenvalue weighted by molar-refractivity contribution is 7.92. The molecule has 122 valence electrons. The summed E-state index contributed by atoms with van der Waals surface area (Å²) in [7, 11) is -4.54.